The molecule has 1 aromatic carbocycles. The van der Waals surface area contributed by atoms with Crippen molar-refractivity contribution >= 4 is 23.1 Å². The summed E-state index contributed by atoms with van der Waals surface area (Å²) in [6.45, 7) is 4.14. The van der Waals surface area contributed by atoms with E-state index in [1.165, 1.54) is 11.1 Å². The number of halogens is 1. The van der Waals surface area contributed by atoms with Crippen molar-refractivity contribution < 1.29 is 0 Å². The van der Waals surface area contributed by atoms with E-state index >= 15 is 0 Å². The summed E-state index contributed by atoms with van der Waals surface area (Å²) in [4.78, 5) is 4.59. The minimum Gasteiger partial charge on any atom is -0.383 e. The molecule has 0 unspecified atom stereocenters. The lowest BCUT2D eigenvalue weighted by Gasteiger charge is -2.03. The van der Waals surface area contributed by atoms with Crippen LogP contribution in [0.25, 0.3) is 16.9 Å². The van der Waals surface area contributed by atoms with Gasteiger partial charge in [0.15, 0.2) is 0 Å². The van der Waals surface area contributed by atoms with Crippen LogP contribution >= 0.6 is 11.6 Å². The number of nitrogen functional groups attached to an aromatic ring is 1. The molecule has 0 fully saturated rings. The highest BCUT2D eigenvalue weighted by Gasteiger charge is 2.12. The van der Waals surface area contributed by atoms with Crippen LogP contribution in [-0.2, 0) is 0 Å². The Labute approximate surface area is 116 Å². The number of nitrogens with two attached hydrogens (primary N) is 1. The summed E-state index contributed by atoms with van der Waals surface area (Å²) in [5.74, 6) is 0.613. The van der Waals surface area contributed by atoms with Crippen LogP contribution in [0.2, 0.25) is 5.02 Å². The lowest BCUT2D eigenvalue weighted by molar-refractivity contribution is 1.20. The molecule has 3 rings (SSSR count). The summed E-state index contributed by atoms with van der Waals surface area (Å²) >= 11 is 5.99. The molecule has 2 N–H and O–H groups in total. The van der Waals surface area contributed by atoms with Gasteiger partial charge >= 0.3 is 0 Å². The summed E-state index contributed by atoms with van der Waals surface area (Å²) in [7, 11) is 0. The molecular weight excluding hydrogens is 258 g/mol. The maximum absolute atomic E-state index is 6.18. The first-order chi connectivity index (χ1) is 9.04. The first-order valence-corrected chi connectivity index (χ1v) is 6.44. The quantitative estimate of drug-likeness (QED) is 0.730. The lowest BCUT2D eigenvalue weighted by Crippen LogP contribution is -1.94. The molecule has 0 atom stereocenters. The van der Waals surface area contributed by atoms with Crippen LogP contribution in [0.3, 0.4) is 0 Å². The van der Waals surface area contributed by atoms with Crippen molar-refractivity contribution in [1.82, 2.24) is 9.38 Å². The molecule has 0 radical (unpaired) electrons. The Morgan fingerprint density at radius 2 is 1.79 bits per heavy atom. The minimum absolute atomic E-state index is 0.613. The van der Waals surface area contributed by atoms with Gasteiger partial charge in [-0.2, -0.15) is 0 Å². The number of imidazole rings is 1. The van der Waals surface area contributed by atoms with Gasteiger partial charge in [-0.3, -0.25) is 4.40 Å². The third-order valence-electron chi connectivity index (χ3n) is 3.11. The van der Waals surface area contributed by atoms with E-state index in [1.807, 2.05) is 16.5 Å². The number of benzene rings is 1. The second kappa shape index (κ2) is 4.28. The molecule has 0 saturated carbocycles. The van der Waals surface area contributed by atoms with Crippen molar-refractivity contribution in [3.8, 4) is 11.3 Å². The van der Waals surface area contributed by atoms with Gasteiger partial charge in [0, 0.05) is 11.8 Å². The number of hydrogen-bond donors (Lipinski definition) is 1. The molecular formula is C15H14ClN3. The molecule has 4 heteroatoms. The molecule has 0 saturated heterocycles. The first-order valence-electron chi connectivity index (χ1n) is 6.06. The van der Waals surface area contributed by atoms with Crippen LogP contribution in [0.4, 0.5) is 5.82 Å². The van der Waals surface area contributed by atoms with Crippen molar-refractivity contribution in [3.05, 3.63) is 52.7 Å². The maximum Gasteiger partial charge on any atom is 0.139 e. The predicted octanol–water partition coefficient (Wildman–Crippen LogP) is 3.85. The number of fused-ring (bicyclic) bond motifs is 1. The summed E-state index contributed by atoms with van der Waals surface area (Å²) in [6.07, 6.45) is 1.78. The Hall–Kier alpha value is -2.00. The number of pyridine rings is 1. The molecule has 3 aromatic rings. The Morgan fingerprint density at radius 3 is 2.47 bits per heavy atom. The third kappa shape index (κ3) is 2.06. The normalized spacial score (nSPS) is 11.1. The Balaban J connectivity index is 2.27. The van der Waals surface area contributed by atoms with Crippen LogP contribution < -0.4 is 5.73 Å². The van der Waals surface area contributed by atoms with Gasteiger partial charge < -0.3 is 5.73 Å². The molecule has 2 heterocycles. The van der Waals surface area contributed by atoms with Crippen molar-refractivity contribution in [2.75, 3.05) is 5.73 Å². The van der Waals surface area contributed by atoms with E-state index in [1.54, 1.807) is 6.20 Å². The van der Waals surface area contributed by atoms with E-state index < -0.39 is 0 Å². The SMILES string of the molecule is Cc1cc(C)cc(-c2nc3ccc(Cl)cn3c2N)c1. The van der Waals surface area contributed by atoms with Crippen molar-refractivity contribution in [2.45, 2.75) is 13.8 Å². The second-order valence-corrected chi connectivity index (χ2v) is 5.23. The van der Waals surface area contributed by atoms with Crippen LogP contribution in [0.1, 0.15) is 11.1 Å². The maximum atomic E-state index is 6.18. The van der Waals surface area contributed by atoms with Gasteiger partial charge in [-0.1, -0.05) is 28.8 Å². The highest BCUT2D eigenvalue weighted by molar-refractivity contribution is 6.30. The first kappa shape index (κ1) is 12.1. The average Bonchev–Trinajstić information content (AvgIpc) is 2.66. The van der Waals surface area contributed by atoms with E-state index in [0.29, 0.717) is 10.8 Å². The fourth-order valence-corrected chi connectivity index (χ4v) is 2.52. The Morgan fingerprint density at radius 1 is 1.11 bits per heavy atom. The molecule has 0 aliphatic heterocycles. The molecule has 0 spiro atoms. The zero-order valence-electron chi connectivity index (χ0n) is 10.8. The number of nitrogens with zero attached hydrogens (tertiary/aromatic N) is 2. The van der Waals surface area contributed by atoms with E-state index in [4.69, 9.17) is 17.3 Å². The number of hydrogen-bond acceptors (Lipinski definition) is 2. The fraction of sp³-hybridized carbons (Fsp3) is 0.133. The Bertz CT molecular complexity index is 754. The zero-order chi connectivity index (χ0) is 13.6. The standard InChI is InChI=1S/C15H14ClN3/c1-9-5-10(2)7-11(6-9)14-15(17)19-8-12(16)3-4-13(19)18-14/h3-8H,17H2,1-2H3. The zero-order valence-corrected chi connectivity index (χ0v) is 11.6. The van der Waals surface area contributed by atoms with Gasteiger partial charge in [0.25, 0.3) is 0 Å². The topological polar surface area (TPSA) is 43.3 Å². The molecule has 0 aliphatic rings. The molecule has 96 valence electrons. The smallest absolute Gasteiger partial charge is 0.139 e. The molecule has 0 amide bonds. The molecule has 2 aromatic heterocycles. The van der Waals surface area contributed by atoms with E-state index in [9.17, 15) is 0 Å². The van der Waals surface area contributed by atoms with Crippen molar-refractivity contribution in [3.63, 3.8) is 0 Å². The number of rotatable bonds is 1. The van der Waals surface area contributed by atoms with Gasteiger partial charge in [-0.05, 0) is 38.1 Å². The van der Waals surface area contributed by atoms with Gasteiger partial charge in [0.05, 0.1) is 5.02 Å². The lowest BCUT2D eigenvalue weighted by atomic mass is 10.1. The molecule has 3 nitrogen and oxygen atoms in total. The minimum atomic E-state index is 0.613. The number of anilines is 1. The summed E-state index contributed by atoms with van der Waals surface area (Å²) in [5, 5.41) is 0.642. The number of aromatic nitrogens is 2. The predicted molar refractivity (Wildman–Crippen MR) is 79.5 cm³/mol. The van der Waals surface area contributed by atoms with E-state index in [0.717, 1.165) is 16.9 Å². The molecule has 0 aliphatic carbocycles. The van der Waals surface area contributed by atoms with Crippen molar-refractivity contribution in [2.24, 2.45) is 0 Å². The van der Waals surface area contributed by atoms with Crippen LogP contribution in [-0.4, -0.2) is 9.38 Å². The van der Waals surface area contributed by atoms with Crippen LogP contribution in [0.5, 0.6) is 0 Å². The largest absolute Gasteiger partial charge is 0.383 e. The van der Waals surface area contributed by atoms with Gasteiger partial charge in [-0.15, -0.1) is 0 Å². The molecule has 0 bridgehead atoms. The summed E-state index contributed by atoms with van der Waals surface area (Å²) in [5.41, 5.74) is 11.2. The highest BCUT2D eigenvalue weighted by Crippen LogP contribution is 2.28. The number of aryl methyl sites for hydroxylation is 2. The summed E-state index contributed by atoms with van der Waals surface area (Å²) < 4.78 is 1.81. The van der Waals surface area contributed by atoms with Gasteiger partial charge in [-0.25, -0.2) is 4.98 Å². The second-order valence-electron chi connectivity index (χ2n) is 4.80. The monoisotopic (exact) mass is 271 g/mol. The van der Waals surface area contributed by atoms with Crippen LogP contribution in [0.15, 0.2) is 36.5 Å². The van der Waals surface area contributed by atoms with Crippen molar-refractivity contribution in [1.29, 1.82) is 0 Å². The highest BCUT2D eigenvalue weighted by atomic mass is 35.5. The average molecular weight is 272 g/mol. The third-order valence-corrected chi connectivity index (χ3v) is 3.34. The van der Waals surface area contributed by atoms with E-state index in [2.05, 4.69) is 37.0 Å². The van der Waals surface area contributed by atoms with Gasteiger partial charge in [0.1, 0.15) is 17.2 Å². The van der Waals surface area contributed by atoms with E-state index in [-0.39, 0.29) is 0 Å². The fourth-order valence-electron chi connectivity index (χ4n) is 2.36. The van der Waals surface area contributed by atoms with Crippen LogP contribution in [0, 0.1) is 13.8 Å². The molecule has 19 heavy (non-hydrogen) atoms. The van der Waals surface area contributed by atoms with Gasteiger partial charge in [0.2, 0.25) is 0 Å². The Kier molecular flexibility index (Phi) is 2.72. The summed E-state index contributed by atoms with van der Waals surface area (Å²) in [6, 6.07) is 9.99.